The van der Waals surface area contributed by atoms with E-state index in [0.717, 1.165) is 0 Å². The van der Waals surface area contributed by atoms with Gasteiger partial charge in [0.1, 0.15) is 0 Å². The fourth-order valence-electron chi connectivity index (χ4n) is 7.06. The van der Waals surface area contributed by atoms with Crippen molar-refractivity contribution >= 4 is 128 Å². The Morgan fingerprint density at radius 1 is 0.375 bits per heavy atom. The maximum atomic E-state index is 2.50. The van der Waals surface area contributed by atoms with Gasteiger partial charge in [-0.15, -0.1) is 90.7 Å². The van der Waals surface area contributed by atoms with Crippen LogP contribution in [0.1, 0.15) is 101 Å². The highest BCUT2D eigenvalue weighted by atomic mass is 32.2. The number of fused-ring (bicyclic) bond motifs is 6. The summed E-state index contributed by atoms with van der Waals surface area (Å²) < 4.78 is 5.91. The van der Waals surface area contributed by atoms with Gasteiger partial charge in [-0.05, 0) is 59.7 Å². The van der Waals surface area contributed by atoms with Gasteiger partial charge in [0, 0.05) is 75.1 Å². The Bertz CT molecular complexity index is 2080. The van der Waals surface area contributed by atoms with E-state index < -0.39 is 0 Å². The molecule has 0 aliphatic rings. The second kappa shape index (κ2) is 15.5. The fourth-order valence-corrected chi connectivity index (χ4v) is 16.4. The van der Waals surface area contributed by atoms with Crippen molar-refractivity contribution in [3.8, 4) is 33.4 Å². The largest absolute Gasteiger partial charge is 0.148 e. The van der Waals surface area contributed by atoms with Crippen LogP contribution in [0.3, 0.4) is 0 Å². The predicted octanol–water partition coefficient (Wildman–Crippen LogP) is 17.6. The number of hydrogen-bond donors (Lipinski definition) is 0. The van der Waals surface area contributed by atoms with Gasteiger partial charge in [0.05, 0.1) is 16.1 Å². The molecule has 48 heavy (non-hydrogen) atoms. The predicted molar refractivity (Wildman–Crippen MR) is 230 cm³/mol. The molecule has 0 saturated carbocycles. The number of hydrogen-bond acceptors (Lipinski definition) is 8. The van der Waals surface area contributed by atoms with E-state index in [0.29, 0.717) is 0 Å². The first-order chi connectivity index (χ1) is 23.7. The zero-order valence-electron chi connectivity index (χ0n) is 27.8. The third kappa shape index (κ3) is 6.70. The van der Waals surface area contributed by atoms with Crippen molar-refractivity contribution in [2.45, 2.75) is 104 Å². The molecule has 8 aromatic heterocycles. The standard InChI is InChI=1S/C40H42S8/c1-3-5-7-9-11-13-15-27-17-25(19-41-27)29-21-43-37-33(29)35-31(23-45-39(35)47-37)32-24-46-40-36(32)34-30(22-44-38(34)48-40)26-18-28(42-20-26)16-14-12-10-8-6-4-2/h17-24H,3-16H2,1-2H3. The number of rotatable bonds is 17. The summed E-state index contributed by atoms with van der Waals surface area (Å²) in [6, 6.07) is 5.00. The van der Waals surface area contributed by atoms with E-state index in [9.17, 15) is 0 Å². The van der Waals surface area contributed by atoms with E-state index in [2.05, 4.69) is 58.3 Å². The highest BCUT2D eigenvalue weighted by Crippen LogP contribution is 2.55. The molecule has 8 aromatic rings. The number of aryl methyl sites for hydroxylation is 2. The van der Waals surface area contributed by atoms with Gasteiger partial charge in [-0.25, -0.2) is 0 Å². The van der Waals surface area contributed by atoms with E-state index in [1.807, 2.05) is 90.7 Å². The van der Waals surface area contributed by atoms with E-state index in [1.165, 1.54) is 161 Å². The highest BCUT2D eigenvalue weighted by molar-refractivity contribution is 7.49. The molecule has 0 aromatic carbocycles. The van der Waals surface area contributed by atoms with Crippen molar-refractivity contribution in [3.63, 3.8) is 0 Å². The number of thiophene rings is 8. The van der Waals surface area contributed by atoms with Crippen LogP contribution in [-0.2, 0) is 12.8 Å². The Balaban J connectivity index is 1.09. The first-order valence-corrected chi connectivity index (χ1v) is 24.6. The lowest BCUT2D eigenvalue weighted by Gasteiger charge is -2.01. The van der Waals surface area contributed by atoms with Crippen LogP contribution in [-0.4, -0.2) is 0 Å². The molecule has 8 rings (SSSR count). The van der Waals surface area contributed by atoms with E-state index >= 15 is 0 Å². The van der Waals surface area contributed by atoms with E-state index in [4.69, 9.17) is 0 Å². The fraction of sp³-hybridized carbons (Fsp3) is 0.400. The lowest BCUT2D eigenvalue weighted by atomic mass is 9.99. The Morgan fingerprint density at radius 3 is 1.15 bits per heavy atom. The van der Waals surface area contributed by atoms with Crippen LogP contribution < -0.4 is 0 Å². The second-order valence-corrected chi connectivity index (χ2v) is 21.7. The summed E-state index contributed by atoms with van der Waals surface area (Å²) in [4.78, 5) is 3.09. The molecular weight excluding hydrogens is 737 g/mol. The first kappa shape index (κ1) is 33.8. The van der Waals surface area contributed by atoms with Crippen LogP contribution in [0.15, 0.2) is 44.4 Å². The smallest absolute Gasteiger partial charge is 0.0892 e. The molecule has 8 heteroatoms. The molecule has 0 atom stereocenters. The minimum absolute atomic E-state index is 1.22. The van der Waals surface area contributed by atoms with Crippen molar-refractivity contribution in [2.24, 2.45) is 0 Å². The van der Waals surface area contributed by atoms with Gasteiger partial charge < -0.3 is 0 Å². The highest BCUT2D eigenvalue weighted by Gasteiger charge is 2.24. The van der Waals surface area contributed by atoms with Gasteiger partial charge >= 0.3 is 0 Å². The van der Waals surface area contributed by atoms with Gasteiger partial charge in [0.25, 0.3) is 0 Å². The Labute approximate surface area is 316 Å². The maximum absolute atomic E-state index is 2.50. The summed E-state index contributed by atoms with van der Waals surface area (Å²) in [7, 11) is 0. The van der Waals surface area contributed by atoms with Crippen LogP contribution >= 0.6 is 90.7 Å². The van der Waals surface area contributed by atoms with Crippen molar-refractivity contribution in [2.75, 3.05) is 0 Å². The summed E-state index contributed by atoms with van der Waals surface area (Å²) in [5.74, 6) is 0. The number of unbranched alkanes of at least 4 members (excludes halogenated alkanes) is 10. The molecule has 0 aliphatic carbocycles. The van der Waals surface area contributed by atoms with Crippen LogP contribution in [0, 0.1) is 0 Å². The summed E-state index contributed by atoms with van der Waals surface area (Å²) in [6.07, 6.45) is 18.8. The normalized spacial score (nSPS) is 12.3. The average molecular weight is 779 g/mol. The monoisotopic (exact) mass is 778 g/mol. The summed E-state index contributed by atoms with van der Waals surface area (Å²) in [5, 5.41) is 20.6. The molecule has 0 unspecified atom stereocenters. The van der Waals surface area contributed by atoms with E-state index in [-0.39, 0.29) is 0 Å². The van der Waals surface area contributed by atoms with Crippen molar-refractivity contribution in [1.29, 1.82) is 0 Å². The van der Waals surface area contributed by atoms with Crippen molar-refractivity contribution in [1.82, 2.24) is 0 Å². The molecule has 8 heterocycles. The Hall–Kier alpha value is -1.36. The molecule has 0 spiro atoms. The van der Waals surface area contributed by atoms with Crippen LogP contribution in [0.4, 0.5) is 0 Å². The van der Waals surface area contributed by atoms with Crippen LogP contribution in [0.5, 0.6) is 0 Å². The van der Waals surface area contributed by atoms with Gasteiger partial charge in [0.15, 0.2) is 0 Å². The quantitative estimate of drug-likeness (QED) is 0.0808. The third-order valence-corrected chi connectivity index (χ3v) is 18.5. The summed E-state index contributed by atoms with van der Waals surface area (Å²) >= 11 is 15.7. The minimum Gasteiger partial charge on any atom is -0.148 e. The minimum atomic E-state index is 1.22. The lowest BCUT2D eigenvalue weighted by Crippen LogP contribution is -1.82. The zero-order chi connectivity index (χ0) is 32.5. The molecule has 0 amide bonds. The van der Waals surface area contributed by atoms with Gasteiger partial charge in [0.2, 0.25) is 0 Å². The molecular formula is C40H42S8. The Kier molecular flexibility index (Phi) is 10.9. The second-order valence-electron chi connectivity index (χ2n) is 13.1. The zero-order valence-corrected chi connectivity index (χ0v) is 34.3. The molecule has 0 radical (unpaired) electrons. The van der Waals surface area contributed by atoms with Gasteiger partial charge in [-0.3, -0.25) is 0 Å². The Morgan fingerprint density at radius 2 is 0.729 bits per heavy atom. The van der Waals surface area contributed by atoms with Crippen LogP contribution in [0.25, 0.3) is 71.0 Å². The first-order valence-electron chi connectivity index (χ1n) is 17.7. The summed E-state index contributed by atoms with van der Waals surface area (Å²) in [5.41, 5.74) is 8.63. The van der Waals surface area contributed by atoms with Crippen LogP contribution in [0.2, 0.25) is 0 Å². The molecule has 0 bridgehead atoms. The van der Waals surface area contributed by atoms with Crippen molar-refractivity contribution in [3.05, 3.63) is 54.2 Å². The molecule has 0 fully saturated rings. The average Bonchev–Trinajstić information content (AvgIpc) is 3.92. The third-order valence-electron chi connectivity index (χ3n) is 9.67. The van der Waals surface area contributed by atoms with Gasteiger partial charge in [-0.2, -0.15) is 0 Å². The molecule has 250 valence electrons. The van der Waals surface area contributed by atoms with Gasteiger partial charge in [-0.1, -0.05) is 78.1 Å². The van der Waals surface area contributed by atoms with E-state index in [1.54, 1.807) is 9.75 Å². The lowest BCUT2D eigenvalue weighted by molar-refractivity contribution is 0.609. The topological polar surface area (TPSA) is 0 Å². The summed E-state index contributed by atoms with van der Waals surface area (Å²) in [6.45, 7) is 4.60. The molecule has 0 nitrogen and oxygen atoms in total. The maximum Gasteiger partial charge on any atom is 0.0892 e. The molecule has 0 aliphatic heterocycles. The molecule has 0 N–H and O–H groups in total. The molecule has 0 saturated heterocycles. The van der Waals surface area contributed by atoms with Crippen molar-refractivity contribution < 1.29 is 0 Å². The SMILES string of the molecule is CCCCCCCCc1cc(-c2csc3sc4scc(-c5csc6sc7scc(-c8csc(CCCCCCCC)c8)c7c56)c4c23)cs1.